The van der Waals surface area contributed by atoms with Gasteiger partial charge in [-0.15, -0.1) is 11.3 Å². The monoisotopic (exact) mass is 304 g/mol. The van der Waals surface area contributed by atoms with E-state index in [1.807, 2.05) is 30.1 Å². The molecule has 0 bridgehead atoms. The van der Waals surface area contributed by atoms with Crippen molar-refractivity contribution in [2.24, 2.45) is 7.05 Å². The maximum absolute atomic E-state index is 12.5. The number of hydrogen-bond acceptors (Lipinski definition) is 4. The molecule has 6 heteroatoms. The Balaban J connectivity index is 1.80. The van der Waals surface area contributed by atoms with Gasteiger partial charge in [0.2, 0.25) is 0 Å². The van der Waals surface area contributed by atoms with Crippen molar-refractivity contribution in [2.75, 3.05) is 0 Å². The maximum atomic E-state index is 12.5. The second kappa shape index (κ2) is 5.26. The minimum Gasteiger partial charge on any atom is -0.339 e. The Hall–Kier alpha value is -1.69. The van der Waals surface area contributed by atoms with Crippen molar-refractivity contribution in [1.29, 1.82) is 0 Å². The second-order valence-corrected chi connectivity index (χ2v) is 6.72. The fraction of sp³-hybridized carbons (Fsp3) is 0.533. The van der Waals surface area contributed by atoms with E-state index in [4.69, 9.17) is 0 Å². The molecule has 1 atom stereocenters. The third-order valence-corrected chi connectivity index (χ3v) is 5.18. The van der Waals surface area contributed by atoms with Gasteiger partial charge >= 0.3 is 0 Å². The lowest BCUT2D eigenvalue weighted by Gasteiger charge is -2.26. The molecule has 1 unspecified atom stereocenters. The Kier molecular flexibility index (Phi) is 3.57. The highest BCUT2D eigenvalue weighted by Gasteiger charge is 2.32. The summed E-state index contributed by atoms with van der Waals surface area (Å²) in [5.74, 6) is 0.456. The summed E-state index contributed by atoms with van der Waals surface area (Å²) in [4.78, 5) is 16.9. The molecule has 0 spiro atoms. The highest BCUT2D eigenvalue weighted by molar-refractivity contribution is 7.09. The van der Waals surface area contributed by atoms with E-state index in [-0.39, 0.29) is 5.91 Å². The molecule has 1 amide bonds. The average Bonchev–Trinajstić information content (AvgIpc) is 3.00. The lowest BCUT2D eigenvalue weighted by Crippen LogP contribution is -2.43. The molecule has 0 aromatic carbocycles. The molecule has 2 aromatic rings. The number of thiazole rings is 1. The molecule has 1 aliphatic carbocycles. The van der Waals surface area contributed by atoms with Gasteiger partial charge in [0, 0.05) is 30.2 Å². The molecule has 0 radical (unpaired) electrons. The summed E-state index contributed by atoms with van der Waals surface area (Å²) >= 11 is 1.56. The predicted molar refractivity (Wildman–Crippen MR) is 82.4 cm³/mol. The van der Waals surface area contributed by atoms with Crippen LogP contribution in [0.3, 0.4) is 0 Å². The molecule has 21 heavy (non-hydrogen) atoms. The van der Waals surface area contributed by atoms with Crippen LogP contribution in [0.15, 0.2) is 17.6 Å². The molecule has 2 aromatic heterocycles. The largest absolute Gasteiger partial charge is 0.339 e. The fourth-order valence-electron chi connectivity index (χ4n) is 2.46. The minimum atomic E-state index is -0.442. The first-order valence-corrected chi connectivity index (χ1v) is 8.18. The highest BCUT2D eigenvalue weighted by Crippen LogP contribution is 2.40. The number of rotatable bonds is 5. The maximum Gasteiger partial charge on any atom is 0.272 e. The lowest BCUT2D eigenvalue weighted by atomic mass is 9.99. The number of nitrogens with zero attached hydrogens (tertiary/aromatic N) is 3. The zero-order chi connectivity index (χ0) is 15.0. The molecular weight excluding hydrogens is 284 g/mol. The molecule has 112 valence electrons. The predicted octanol–water partition coefficient (Wildman–Crippen LogP) is 2.81. The second-order valence-electron chi connectivity index (χ2n) is 5.83. The summed E-state index contributed by atoms with van der Waals surface area (Å²) in [6, 6.07) is 1.92. The number of carbonyl (C=O) groups is 1. The van der Waals surface area contributed by atoms with Crippen LogP contribution in [0.4, 0.5) is 0 Å². The number of aromatic nitrogens is 3. The van der Waals surface area contributed by atoms with Gasteiger partial charge in [0.1, 0.15) is 10.7 Å². The number of hydrogen-bond donors (Lipinski definition) is 1. The van der Waals surface area contributed by atoms with E-state index in [0.29, 0.717) is 11.6 Å². The van der Waals surface area contributed by atoms with Crippen LogP contribution in [0.25, 0.3) is 0 Å². The van der Waals surface area contributed by atoms with Gasteiger partial charge < -0.3 is 5.32 Å². The first kappa shape index (κ1) is 14.3. The van der Waals surface area contributed by atoms with Gasteiger partial charge in [-0.3, -0.25) is 9.48 Å². The van der Waals surface area contributed by atoms with Crippen molar-refractivity contribution in [2.45, 2.75) is 44.6 Å². The zero-order valence-electron chi connectivity index (χ0n) is 12.6. The third kappa shape index (κ3) is 2.72. The lowest BCUT2D eigenvalue weighted by molar-refractivity contribution is 0.0896. The van der Waals surface area contributed by atoms with E-state index in [0.717, 1.165) is 17.1 Å². The van der Waals surface area contributed by atoms with Crippen LogP contribution in [-0.4, -0.2) is 20.7 Å². The van der Waals surface area contributed by atoms with Gasteiger partial charge in [0.25, 0.3) is 5.91 Å². The van der Waals surface area contributed by atoms with E-state index < -0.39 is 5.54 Å². The Morgan fingerprint density at radius 3 is 2.90 bits per heavy atom. The van der Waals surface area contributed by atoms with E-state index >= 15 is 0 Å². The summed E-state index contributed by atoms with van der Waals surface area (Å²) in [5.41, 5.74) is 1.21. The van der Waals surface area contributed by atoms with E-state index in [2.05, 4.69) is 22.3 Å². The van der Waals surface area contributed by atoms with Crippen LogP contribution < -0.4 is 5.32 Å². The standard InChI is InChI=1S/C15H20N4OS/c1-4-15(2,14-16-7-8-21-14)17-13(20)11-9-12(10-5-6-10)19(3)18-11/h7-10H,4-6H2,1-3H3,(H,17,20). The molecule has 1 aliphatic rings. The number of nitrogens with one attached hydrogen (secondary N) is 1. The molecule has 3 rings (SSSR count). The molecule has 1 saturated carbocycles. The quantitative estimate of drug-likeness (QED) is 0.924. The van der Waals surface area contributed by atoms with Crippen molar-refractivity contribution in [3.63, 3.8) is 0 Å². The smallest absolute Gasteiger partial charge is 0.272 e. The third-order valence-electron chi connectivity index (χ3n) is 4.15. The van der Waals surface area contributed by atoms with E-state index in [9.17, 15) is 4.79 Å². The Morgan fingerprint density at radius 2 is 2.33 bits per heavy atom. The summed E-state index contributed by atoms with van der Waals surface area (Å²) < 4.78 is 1.83. The molecule has 2 heterocycles. The molecule has 0 saturated heterocycles. The fourth-order valence-corrected chi connectivity index (χ4v) is 3.29. The summed E-state index contributed by atoms with van der Waals surface area (Å²) in [7, 11) is 1.91. The topological polar surface area (TPSA) is 59.8 Å². The minimum absolute atomic E-state index is 0.128. The average molecular weight is 304 g/mol. The Morgan fingerprint density at radius 1 is 1.57 bits per heavy atom. The van der Waals surface area contributed by atoms with Crippen LogP contribution in [-0.2, 0) is 12.6 Å². The summed E-state index contributed by atoms with van der Waals surface area (Å²) in [6.07, 6.45) is 4.96. The van der Waals surface area contributed by atoms with Crippen LogP contribution in [0, 0.1) is 0 Å². The van der Waals surface area contributed by atoms with Gasteiger partial charge in [-0.2, -0.15) is 5.10 Å². The van der Waals surface area contributed by atoms with E-state index in [1.165, 1.54) is 12.8 Å². The Labute approximate surface area is 128 Å². The molecular formula is C15H20N4OS. The van der Waals surface area contributed by atoms with Crippen LogP contribution in [0.5, 0.6) is 0 Å². The normalized spacial score (nSPS) is 17.5. The van der Waals surface area contributed by atoms with Gasteiger partial charge in [-0.05, 0) is 32.3 Å². The number of carbonyl (C=O) groups excluding carboxylic acids is 1. The van der Waals surface area contributed by atoms with Gasteiger partial charge in [-0.1, -0.05) is 6.92 Å². The van der Waals surface area contributed by atoms with Gasteiger partial charge in [0.05, 0.1) is 5.54 Å². The van der Waals surface area contributed by atoms with Gasteiger partial charge in [0.15, 0.2) is 0 Å². The highest BCUT2D eigenvalue weighted by atomic mass is 32.1. The van der Waals surface area contributed by atoms with Crippen molar-refractivity contribution in [1.82, 2.24) is 20.1 Å². The zero-order valence-corrected chi connectivity index (χ0v) is 13.4. The van der Waals surface area contributed by atoms with Crippen molar-refractivity contribution in [3.8, 4) is 0 Å². The molecule has 0 aliphatic heterocycles. The van der Waals surface area contributed by atoms with Crippen LogP contribution in [0.1, 0.15) is 60.2 Å². The first-order valence-electron chi connectivity index (χ1n) is 7.30. The van der Waals surface area contributed by atoms with Crippen molar-refractivity contribution >= 4 is 17.2 Å². The number of amides is 1. The van der Waals surface area contributed by atoms with E-state index in [1.54, 1.807) is 17.5 Å². The molecule has 5 nitrogen and oxygen atoms in total. The molecule has 1 N–H and O–H groups in total. The summed E-state index contributed by atoms with van der Waals surface area (Å²) in [6.45, 7) is 4.06. The van der Waals surface area contributed by atoms with Crippen molar-refractivity contribution < 1.29 is 4.79 Å². The van der Waals surface area contributed by atoms with Crippen LogP contribution in [0.2, 0.25) is 0 Å². The van der Waals surface area contributed by atoms with Crippen LogP contribution >= 0.6 is 11.3 Å². The summed E-state index contributed by atoms with van der Waals surface area (Å²) in [5, 5.41) is 10.3. The van der Waals surface area contributed by atoms with Crippen molar-refractivity contribution in [3.05, 3.63) is 34.0 Å². The number of aryl methyl sites for hydroxylation is 1. The Bertz CT molecular complexity index is 645. The molecule has 1 fully saturated rings. The SMILES string of the molecule is CCC(C)(NC(=O)c1cc(C2CC2)n(C)n1)c1nccs1. The van der Waals surface area contributed by atoms with Gasteiger partial charge in [-0.25, -0.2) is 4.98 Å². The first-order chi connectivity index (χ1) is 10.0.